The van der Waals surface area contributed by atoms with Gasteiger partial charge in [-0.15, -0.1) is 12.4 Å². The number of aryl methyl sites for hydroxylation is 1. The average molecular weight is 418 g/mol. The van der Waals surface area contributed by atoms with Crippen molar-refractivity contribution in [3.63, 3.8) is 0 Å². The van der Waals surface area contributed by atoms with Crippen LogP contribution in [0.25, 0.3) is 16.9 Å². The lowest BCUT2D eigenvalue weighted by molar-refractivity contribution is 0.200. The molecule has 6 nitrogen and oxygen atoms in total. The van der Waals surface area contributed by atoms with Crippen LogP contribution < -0.4 is 10.5 Å². The Morgan fingerprint density at radius 3 is 2.76 bits per heavy atom. The van der Waals surface area contributed by atoms with Crippen LogP contribution in [0.1, 0.15) is 31.2 Å². The molecule has 2 aromatic heterocycles. The summed E-state index contributed by atoms with van der Waals surface area (Å²) in [5, 5.41) is 4.33. The van der Waals surface area contributed by atoms with Gasteiger partial charge in [0.2, 0.25) is 0 Å². The molecular formula is C21H25ClFN5O. The maximum Gasteiger partial charge on any atom is 0.163 e. The zero-order valence-electron chi connectivity index (χ0n) is 16.3. The first kappa shape index (κ1) is 21.2. The van der Waals surface area contributed by atoms with E-state index in [0.717, 1.165) is 36.8 Å². The molecule has 1 aliphatic rings. The van der Waals surface area contributed by atoms with Crippen molar-refractivity contribution in [2.24, 2.45) is 11.7 Å². The average Bonchev–Trinajstić information content (AvgIpc) is 3.17. The van der Waals surface area contributed by atoms with E-state index in [0.29, 0.717) is 35.7 Å². The van der Waals surface area contributed by atoms with Gasteiger partial charge in [-0.1, -0.05) is 12.1 Å². The Balaban J connectivity index is 0.00000240. The van der Waals surface area contributed by atoms with Crippen LogP contribution in [0.5, 0.6) is 5.75 Å². The van der Waals surface area contributed by atoms with Crippen molar-refractivity contribution in [1.82, 2.24) is 19.7 Å². The molecule has 0 spiro atoms. The van der Waals surface area contributed by atoms with E-state index >= 15 is 0 Å². The first-order valence-electron chi connectivity index (χ1n) is 9.60. The Morgan fingerprint density at radius 2 is 2.00 bits per heavy atom. The van der Waals surface area contributed by atoms with Gasteiger partial charge in [0.25, 0.3) is 0 Å². The Labute approximate surface area is 175 Å². The number of benzene rings is 1. The van der Waals surface area contributed by atoms with Crippen LogP contribution in [0.4, 0.5) is 4.39 Å². The van der Waals surface area contributed by atoms with Crippen LogP contribution in [-0.4, -0.2) is 32.4 Å². The minimum absolute atomic E-state index is 0. The van der Waals surface area contributed by atoms with Gasteiger partial charge in [-0.3, -0.25) is 0 Å². The van der Waals surface area contributed by atoms with Crippen molar-refractivity contribution in [2.45, 2.75) is 38.6 Å². The summed E-state index contributed by atoms with van der Waals surface area (Å²) < 4.78 is 21.8. The van der Waals surface area contributed by atoms with E-state index in [1.807, 2.05) is 13.0 Å². The number of hydrogen-bond acceptors (Lipinski definition) is 5. The lowest BCUT2D eigenvalue weighted by Gasteiger charge is -2.26. The van der Waals surface area contributed by atoms with Crippen molar-refractivity contribution in [3.05, 3.63) is 54.5 Å². The van der Waals surface area contributed by atoms with E-state index in [1.54, 1.807) is 24.7 Å². The summed E-state index contributed by atoms with van der Waals surface area (Å²) in [5.74, 6) is 0.795. The van der Waals surface area contributed by atoms with Crippen molar-refractivity contribution >= 4 is 12.4 Å². The summed E-state index contributed by atoms with van der Waals surface area (Å²) in [6.07, 6.45) is 10.8. The summed E-state index contributed by atoms with van der Waals surface area (Å²) in [7, 11) is 0. The topological polar surface area (TPSA) is 78.8 Å². The fourth-order valence-corrected chi connectivity index (χ4v) is 3.68. The molecular weight excluding hydrogens is 393 g/mol. The predicted octanol–water partition coefficient (Wildman–Crippen LogP) is 4.09. The number of halogens is 2. The molecule has 0 radical (unpaired) electrons. The normalized spacial score (nSPS) is 18.9. The van der Waals surface area contributed by atoms with E-state index in [-0.39, 0.29) is 18.2 Å². The van der Waals surface area contributed by atoms with E-state index in [1.165, 1.54) is 17.1 Å². The molecule has 0 amide bonds. The van der Waals surface area contributed by atoms with Crippen LogP contribution in [0, 0.1) is 18.7 Å². The molecule has 0 unspecified atom stereocenters. The van der Waals surface area contributed by atoms with Crippen molar-refractivity contribution in [2.75, 3.05) is 6.61 Å². The molecule has 3 aromatic rings. The van der Waals surface area contributed by atoms with Crippen LogP contribution in [0.15, 0.2) is 43.1 Å². The van der Waals surface area contributed by atoms with Crippen LogP contribution in [-0.2, 0) is 0 Å². The van der Waals surface area contributed by atoms with Gasteiger partial charge in [0.15, 0.2) is 5.75 Å². The monoisotopic (exact) mass is 417 g/mol. The van der Waals surface area contributed by atoms with Crippen LogP contribution in [0.2, 0.25) is 0 Å². The fraction of sp³-hybridized carbons (Fsp3) is 0.381. The lowest BCUT2D eigenvalue weighted by Crippen LogP contribution is -2.28. The second kappa shape index (κ2) is 9.33. The maximum atomic E-state index is 14.3. The van der Waals surface area contributed by atoms with Crippen molar-refractivity contribution in [3.8, 4) is 22.7 Å². The third kappa shape index (κ3) is 4.74. The van der Waals surface area contributed by atoms with Gasteiger partial charge in [0.05, 0.1) is 19.0 Å². The SMILES string of the molecule is Cc1cccc(F)c1-n1cc(-c2ncncc2OC[C@H]2CC[C@@H](N)CC2)cn1.Cl. The number of hydrogen-bond donors (Lipinski definition) is 1. The second-order valence-corrected chi connectivity index (χ2v) is 7.41. The molecule has 8 heteroatoms. The molecule has 1 saturated carbocycles. The van der Waals surface area contributed by atoms with E-state index in [4.69, 9.17) is 10.5 Å². The number of ether oxygens (including phenoxy) is 1. The summed E-state index contributed by atoms with van der Waals surface area (Å²) in [5.41, 5.74) is 8.63. The van der Waals surface area contributed by atoms with Gasteiger partial charge >= 0.3 is 0 Å². The smallest absolute Gasteiger partial charge is 0.163 e. The minimum atomic E-state index is -0.315. The highest BCUT2D eigenvalue weighted by Crippen LogP contribution is 2.30. The highest BCUT2D eigenvalue weighted by atomic mass is 35.5. The van der Waals surface area contributed by atoms with Gasteiger partial charge in [0.1, 0.15) is 23.5 Å². The predicted molar refractivity (Wildman–Crippen MR) is 112 cm³/mol. The number of aromatic nitrogens is 4. The van der Waals surface area contributed by atoms with Gasteiger partial charge in [-0.05, 0) is 50.2 Å². The highest BCUT2D eigenvalue weighted by Gasteiger charge is 2.20. The summed E-state index contributed by atoms with van der Waals surface area (Å²) in [6, 6.07) is 5.29. The molecule has 0 bridgehead atoms. The van der Waals surface area contributed by atoms with Crippen molar-refractivity contribution < 1.29 is 9.13 Å². The lowest BCUT2D eigenvalue weighted by atomic mass is 9.87. The molecule has 1 aromatic carbocycles. The summed E-state index contributed by atoms with van der Waals surface area (Å²) >= 11 is 0. The maximum absolute atomic E-state index is 14.3. The molecule has 29 heavy (non-hydrogen) atoms. The fourth-order valence-electron chi connectivity index (χ4n) is 3.68. The second-order valence-electron chi connectivity index (χ2n) is 7.41. The first-order valence-corrected chi connectivity index (χ1v) is 9.60. The van der Waals surface area contributed by atoms with E-state index < -0.39 is 0 Å². The molecule has 0 atom stereocenters. The quantitative estimate of drug-likeness (QED) is 0.676. The third-order valence-corrected chi connectivity index (χ3v) is 5.32. The Hall–Kier alpha value is -2.51. The molecule has 0 aliphatic heterocycles. The summed E-state index contributed by atoms with van der Waals surface area (Å²) in [4.78, 5) is 8.47. The Bertz CT molecular complexity index is 935. The van der Waals surface area contributed by atoms with Gasteiger partial charge in [-0.25, -0.2) is 19.0 Å². The molecule has 1 fully saturated rings. The minimum Gasteiger partial charge on any atom is -0.489 e. The molecule has 154 valence electrons. The van der Waals surface area contributed by atoms with Gasteiger partial charge in [0, 0.05) is 17.8 Å². The molecule has 2 heterocycles. The van der Waals surface area contributed by atoms with Crippen molar-refractivity contribution in [1.29, 1.82) is 0 Å². The molecule has 2 N–H and O–H groups in total. The standard InChI is InChI=1S/C21H24FN5O.ClH/c1-14-3-2-4-18(22)21(14)27-11-16(9-26-27)20-19(10-24-13-25-20)28-12-15-5-7-17(23)8-6-15;/h2-4,9-11,13,15,17H,5-8,12,23H2,1H3;1H/t15-,17+;. The van der Waals surface area contributed by atoms with Gasteiger partial charge < -0.3 is 10.5 Å². The van der Waals surface area contributed by atoms with Gasteiger partial charge in [-0.2, -0.15) is 5.10 Å². The third-order valence-electron chi connectivity index (χ3n) is 5.32. The zero-order chi connectivity index (χ0) is 19.5. The van der Waals surface area contributed by atoms with Crippen LogP contribution >= 0.6 is 12.4 Å². The Kier molecular flexibility index (Phi) is 6.82. The van der Waals surface area contributed by atoms with Crippen LogP contribution in [0.3, 0.4) is 0 Å². The molecule has 4 rings (SSSR count). The highest BCUT2D eigenvalue weighted by molar-refractivity contribution is 5.85. The molecule has 0 saturated heterocycles. The van der Waals surface area contributed by atoms with E-state index in [9.17, 15) is 4.39 Å². The van der Waals surface area contributed by atoms with E-state index in [2.05, 4.69) is 15.1 Å². The summed E-state index contributed by atoms with van der Waals surface area (Å²) in [6.45, 7) is 2.47. The first-order chi connectivity index (χ1) is 13.6. The zero-order valence-corrected chi connectivity index (χ0v) is 17.1. The number of para-hydroxylation sites is 1. The Morgan fingerprint density at radius 1 is 1.21 bits per heavy atom. The number of nitrogens with two attached hydrogens (primary N) is 1. The molecule has 1 aliphatic carbocycles. The number of nitrogens with zero attached hydrogens (tertiary/aromatic N) is 4. The number of rotatable bonds is 5. The largest absolute Gasteiger partial charge is 0.489 e.